The highest BCUT2D eigenvalue weighted by atomic mass is 19.4. The highest BCUT2D eigenvalue weighted by molar-refractivity contribution is 5.85. The largest absolute Gasteiger partial charge is 0.493 e. The molecule has 2 aromatic heterocycles. The first-order valence-electron chi connectivity index (χ1n) is 10.3. The van der Waals surface area contributed by atoms with Gasteiger partial charge in [-0.05, 0) is 43.2 Å². The van der Waals surface area contributed by atoms with Crippen LogP contribution in [0.5, 0.6) is 5.75 Å². The van der Waals surface area contributed by atoms with Crippen LogP contribution in [0.4, 0.5) is 13.2 Å². The van der Waals surface area contributed by atoms with Gasteiger partial charge in [0.2, 0.25) is 6.54 Å². The van der Waals surface area contributed by atoms with E-state index in [0.717, 1.165) is 23.0 Å². The highest BCUT2D eigenvalue weighted by Crippen LogP contribution is 2.38. The van der Waals surface area contributed by atoms with Crippen molar-refractivity contribution in [3.05, 3.63) is 64.9 Å². The maximum atomic E-state index is 13.1. The summed E-state index contributed by atoms with van der Waals surface area (Å²) in [6.07, 6.45) is -0.870. The molecule has 0 atom stereocenters. The van der Waals surface area contributed by atoms with Gasteiger partial charge in [-0.15, -0.1) is 0 Å². The van der Waals surface area contributed by atoms with Crippen LogP contribution in [0.1, 0.15) is 36.6 Å². The van der Waals surface area contributed by atoms with Gasteiger partial charge in [0.25, 0.3) is 0 Å². The number of hydrogen-bond donors (Lipinski definition) is 0. The van der Waals surface area contributed by atoms with Crippen LogP contribution >= 0.6 is 0 Å². The summed E-state index contributed by atoms with van der Waals surface area (Å²) < 4.78 is 52.4. The Morgan fingerprint density at radius 2 is 2.06 bits per heavy atom. The fourth-order valence-electron chi connectivity index (χ4n) is 3.76. The normalized spacial score (nSPS) is 11.8. The third kappa shape index (κ3) is 4.26. The van der Waals surface area contributed by atoms with Crippen molar-refractivity contribution in [3.8, 4) is 5.75 Å². The van der Waals surface area contributed by atoms with Crippen molar-refractivity contribution in [2.75, 3.05) is 6.61 Å². The van der Waals surface area contributed by atoms with E-state index in [1.54, 1.807) is 12.4 Å². The Balaban J connectivity index is 1.46. The zero-order valence-electron chi connectivity index (χ0n) is 17.4. The fourth-order valence-corrected chi connectivity index (χ4v) is 3.76. The van der Waals surface area contributed by atoms with Crippen LogP contribution in [0.3, 0.4) is 0 Å². The zero-order chi connectivity index (χ0) is 22.7. The van der Waals surface area contributed by atoms with E-state index in [4.69, 9.17) is 15.8 Å². The van der Waals surface area contributed by atoms with Crippen LogP contribution in [-0.4, -0.2) is 21.3 Å². The number of halogens is 3. The van der Waals surface area contributed by atoms with Crippen molar-refractivity contribution in [1.82, 2.24) is 14.7 Å². The van der Waals surface area contributed by atoms with Gasteiger partial charge < -0.3 is 18.7 Å². The molecule has 0 saturated carbocycles. The molecule has 2 heterocycles. The molecule has 4 aromatic rings. The number of aromatic nitrogens is 3. The van der Waals surface area contributed by atoms with Crippen LogP contribution in [0.15, 0.2) is 41.2 Å². The van der Waals surface area contributed by atoms with Crippen LogP contribution in [0.2, 0.25) is 0 Å². The molecule has 166 valence electrons. The summed E-state index contributed by atoms with van der Waals surface area (Å²) in [5.41, 5.74) is 2.48. The molecule has 0 aliphatic heterocycles. The summed E-state index contributed by atoms with van der Waals surface area (Å²) >= 11 is 0. The molecule has 0 bridgehead atoms. The summed E-state index contributed by atoms with van der Waals surface area (Å²) in [7, 11) is 0. The number of ether oxygens (including phenoxy) is 1. The number of rotatable bonds is 8. The Hall–Kier alpha value is -3.54. The van der Waals surface area contributed by atoms with Gasteiger partial charge in [-0.2, -0.15) is 13.2 Å². The zero-order valence-corrected chi connectivity index (χ0v) is 17.4. The molecular formula is C23H21F3N4O2. The third-order valence-electron chi connectivity index (χ3n) is 5.22. The number of imidazole rings is 1. The second-order valence-corrected chi connectivity index (χ2v) is 7.48. The summed E-state index contributed by atoms with van der Waals surface area (Å²) in [5, 5.41) is 3.20. The first-order chi connectivity index (χ1) is 15.4. The minimum absolute atomic E-state index is 0.0456. The molecule has 9 heteroatoms. The standard InChI is InChI=1S/C23H21F3N4O2/c1-3-5-16-20(9-7-17-21(16)32-29-22(17)23(24,25)26)31-11-4-10-30-14-28-18-12-15(13-27-2)6-8-19(18)30/h6-9,12,14H,3-5,10-11,13H2,1H3. The molecule has 6 nitrogen and oxygen atoms in total. The van der Waals surface area contributed by atoms with Gasteiger partial charge in [-0.3, -0.25) is 0 Å². The van der Waals surface area contributed by atoms with Crippen molar-refractivity contribution in [2.24, 2.45) is 0 Å². The number of aryl methyl sites for hydroxylation is 2. The van der Waals surface area contributed by atoms with Gasteiger partial charge in [-0.1, -0.05) is 18.5 Å². The van der Waals surface area contributed by atoms with Gasteiger partial charge in [-0.25, -0.2) is 11.6 Å². The van der Waals surface area contributed by atoms with Crippen molar-refractivity contribution in [1.29, 1.82) is 0 Å². The Morgan fingerprint density at radius 3 is 2.81 bits per heavy atom. The number of hydrogen-bond acceptors (Lipinski definition) is 4. The quantitative estimate of drug-likeness (QED) is 0.247. The first-order valence-corrected chi connectivity index (χ1v) is 10.3. The molecule has 0 amide bonds. The molecule has 0 saturated heterocycles. The molecule has 0 aliphatic carbocycles. The topological polar surface area (TPSA) is 57.4 Å². The van der Waals surface area contributed by atoms with E-state index in [1.165, 1.54) is 6.07 Å². The second kappa shape index (κ2) is 8.91. The molecular weight excluding hydrogens is 421 g/mol. The molecule has 0 aliphatic rings. The summed E-state index contributed by atoms with van der Waals surface area (Å²) in [6, 6.07) is 8.71. The van der Waals surface area contributed by atoms with Gasteiger partial charge in [0.15, 0.2) is 11.3 Å². The van der Waals surface area contributed by atoms with Gasteiger partial charge in [0.1, 0.15) is 5.75 Å². The Kier molecular flexibility index (Phi) is 6.04. The Bertz CT molecular complexity index is 1280. The lowest BCUT2D eigenvalue weighted by molar-refractivity contribution is -0.141. The van der Waals surface area contributed by atoms with E-state index in [9.17, 15) is 13.2 Å². The molecule has 0 radical (unpaired) electrons. The maximum Gasteiger partial charge on any atom is 0.437 e. The molecule has 2 aromatic carbocycles. The van der Waals surface area contributed by atoms with Crippen molar-refractivity contribution in [2.45, 2.75) is 45.5 Å². The van der Waals surface area contributed by atoms with Crippen LogP contribution in [-0.2, 0) is 25.7 Å². The van der Waals surface area contributed by atoms with Crippen molar-refractivity contribution < 1.29 is 22.4 Å². The number of fused-ring (bicyclic) bond motifs is 2. The average Bonchev–Trinajstić information content (AvgIpc) is 3.37. The average molecular weight is 442 g/mol. The minimum Gasteiger partial charge on any atom is -0.493 e. The predicted octanol–water partition coefficient (Wildman–Crippen LogP) is 6.04. The number of alkyl halides is 3. The summed E-state index contributed by atoms with van der Waals surface area (Å²) in [4.78, 5) is 7.80. The molecule has 0 spiro atoms. The van der Waals surface area contributed by atoms with Gasteiger partial charge >= 0.3 is 6.18 Å². The monoisotopic (exact) mass is 442 g/mol. The smallest absolute Gasteiger partial charge is 0.437 e. The Morgan fingerprint density at radius 1 is 1.22 bits per heavy atom. The third-order valence-corrected chi connectivity index (χ3v) is 5.22. The van der Waals surface area contributed by atoms with Crippen molar-refractivity contribution >= 4 is 22.0 Å². The van der Waals surface area contributed by atoms with Crippen LogP contribution in [0, 0.1) is 6.57 Å². The van der Waals surface area contributed by atoms with Gasteiger partial charge in [0.05, 0.1) is 29.4 Å². The van der Waals surface area contributed by atoms with Crippen LogP contribution in [0.25, 0.3) is 26.8 Å². The summed E-state index contributed by atoms with van der Waals surface area (Å²) in [6.45, 7) is 10.3. The number of benzene rings is 2. The molecule has 0 fully saturated rings. The fraction of sp³-hybridized carbons (Fsp3) is 0.348. The predicted molar refractivity (Wildman–Crippen MR) is 113 cm³/mol. The van der Waals surface area contributed by atoms with Crippen molar-refractivity contribution in [3.63, 3.8) is 0 Å². The van der Waals surface area contributed by atoms with E-state index in [1.807, 2.05) is 29.7 Å². The maximum absolute atomic E-state index is 13.1. The minimum atomic E-state index is -4.57. The van der Waals surface area contributed by atoms with Gasteiger partial charge in [0, 0.05) is 17.7 Å². The molecule has 4 rings (SSSR count). The highest BCUT2D eigenvalue weighted by Gasteiger charge is 2.37. The van der Waals surface area contributed by atoms with E-state index in [-0.39, 0.29) is 11.0 Å². The van der Waals surface area contributed by atoms with E-state index in [2.05, 4.69) is 15.0 Å². The lowest BCUT2D eigenvalue weighted by Crippen LogP contribution is -2.06. The second-order valence-electron chi connectivity index (χ2n) is 7.48. The SMILES string of the molecule is [C-]#[N+]Cc1ccc2c(c1)ncn2CCCOc1ccc2c(C(F)(F)F)noc2c1CCC. The lowest BCUT2D eigenvalue weighted by Gasteiger charge is -2.12. The molecule has 32 heavy (non-hydrogen) atoms. The van der Waals surface area contributed by atoms with E-state index in [0.29, 0.717) is 43.9 Å². The number of nitrogens with zero attached hydrogens (tertiary/aromatic N) is 4. The molecule has 0 unspecified atom stereocenters. The summed E-state index contributed by atoms with van der Waals surface area (Å²) in [5.74, 6) is 0.517. The van der Waals surface area contributed by atoms with E-state index >= 15 is 0 Å². The lowest BCUT2D eigenvalue weighted by atomic mass is 10.0. The van der Waals surface area contributed by atoms with E-state index < -0.39 is 11.9 Å². The molecule has 0 N–H and O–H groups in total. The van der Waals surface area contributed by atoms with Crippen LogP contribution < -0.4 is 4.74 Å². The first kappa shape index (κ1) is 21.7. The Labute approximate surface area is 182 Å².